The number of aromatic nitrogens is 3. The Morgan fingerprint density at radius 1 is 1.23 bits per heavy atom. The number of ether oxygens (including phenoxy) is 1. The third-order valence-corrected chi connectivity index (χ3v) is 5.81. The molecule has 9 heteroatoms. The minimum absolute atomic E-state index is 0.0888. The molecule has 0 radical (unpaired) electrons. The molecule has 0 bridgehead atoms. The zero-order valence-electron chi connectivity index (χ0n) is 16.9. The van der Waals surface area contributed by atoms with Crippen molar-refractivity contribution < 1.29 is 13.9 Å². The molecule has 3 aromatic rings. The molecule has 0 aliphatic carbocycles. The van der Waals surface area contributed by atoms with Gasteiger partial charge >= 0.3 is 0 Å². The number of anilines is 1. The van der Waals surface area contributed by atoms with Gasteiger partial charge in [-0.05, 0) is 56.2 Å². The van der Waals surface area contributed by atoms with Crippen LogP contribution in [0.15, 0.2) is 46.0 Å². The first kappa shape index (κ1) is 22.3. The molecule has 0 aliphatic rings. The van der Waals surface area contributed by atoms with Gasteiger partial charge in [0.25, 0.3) is 0 Å². The number of hydrogen-bond donors (Lipinski definition) is 1. The molecule has 2 aromatic carbocycles. The molecular weight excluding hydrogens is 471 g/mol. The summed E-state index contributed by atoms with van der Waals surface area (Å²) < 4.78 is 22.3. The first-order chi connectivity index (χ1) is 14.4. The van der Waals surface area contributed by atoms with Crippen molar-refractivity contribution in [1.29, 1.82) is 0 Å². The van der Waals surface area contributed by atoms with Gasteiger partial charge in [0.2, 0.25) is 5.91 Å². The maximum absolute atomic E-state index is 13.9. The molecule has 6 nitrogen and oxygen atoms in total. The van der Waals surface area contributed by atoms with Crippen LogP contribution >= 0.6 is 27.7 Å². The number of carbonyl (C=O) groups is 1. The Morgan fingerprint density at radius 3 is 2.77 bits per heavy atom. The highest BCUT2D eigenvalue weighted by Gasteiger charge is 2.15. The summed E-state index contributed by atoms with van der Waals surface area (Å²) in [6.07, 6.45) is 0. The molecule has 3 rings (SSSR count). The van der Waals surface area contributed by atoms with E-state index in [1.165, 1.54) is 23.9 Å². The third kappa shape index (κ3) is 5.60. The molecule has 1 heterocycles. The number of hydrogen-bond acceptors (Lipinski definition) is 5. The fourth-order valence-electron chi connectivity index (χ4n) is 2.76. The highest BCUT2D eigenvalue weighted by atomic mass is 79.9. The van der Waals surface area contributed by atoms with Crippen molar-refractivity contribution >= 4 is 39.3 Å². The molecule has 30 heavy (non-hydrogen) atoms. The van der Waals surface area contributed by atoms with Gasteiger partial charge in [0.05, 0.1) is 11.4 Å². The van der Waals surface area contributed by atoms with Gasteiger partial charge in [-0.3, -0.25) is 4.79 Å². The number of thioether (sulfide) groups is 1. The van der Waals surface area contributed by atoms with E-state index in [0.717, 1.165) is 16.9 Å². The van der Waals surface area contributed by atoms with Crippen molar-refractivity contribution in [3.05, 3.63) is 63.6 Å². The molecule has 0 aliphatic heterocycles. The second kappa shape index (κ2) is 10.1. The zero-order chi connectivity index (χ0) is 21.7. The van der Waals surface area contributed by atoms with Crippen molar-refractivity contribution in [2.75, 3.05) is 11.1 Å². The van der Waals surface area contributed by atoms with Crippen molar-refractivity contribution in [3.63, 3.8) is 0 Å². The van der Waals surface area contributed by atoms with Gasteiger partial charge < -0.3 is 14.6 Å². The summed E-state index contributed by atoms with van der Waals surface area (Å²) in [6.45, 7) is 6.91. The lowest BCUT2D eigenvalue weighted by Gasteiger charge is -2.11. The van der Waals surface area contributed by atoms with E-state index in [-0.39, 0.29) is 24.0 Å². The van der Waals surface area contributed by atoms with Crippen LogP contribution in [0.25, 0.3) is 0 Å². The van der Waals surface area contributed by atoms with Gasteiger partial charge in [0, 0.05) is 11.0 Å². The lowest BCUT2D eigenvalue weighted by molar-refractivity contribution is -0.113. The van der Waals surface area contributed by atoms with E-state index in [1.54, 1.807) is 6.07 Å². The Labute approximate surface area is 187 Å². The molecule has 0 atom stereocenters. The standard InChI is InChI=1S/C21H22BrFN4O2S/c1-4-27-19(11-29-18-9-13(2)5-6-14(18)3)25-26-21(27)30-12-20(28)24-17-8-7-15(22)10-16(17)23/h5-10H,4,11-12H2,1-3H3,(H,24,28). The Morgan fingerprint density at radius 2 is 2.03 bits per heavy atom. The number of aryl methyl sites for hydroxylation is 2. The van der Waals surface area contributed by atoms with Crippen LogP contribution in [0.1, 0.15) is 23.9 Å². The summed E-state index contributed by atoms with van der Waals surface area (Å²) in [5, 5.41) is 11.6. The summed E-state index contributed by atoms with van der Waals surface area (Å²) in [6, 6.07) is 10.5. The summed E-state index contributed by atoms with van der Waals surface area (Å²) in [7, 11) is 0. The fourth-order valence-corrected chi connectivity index (χ4v) is 3.92. The van der Waals surface area contributed by atoms with Gasteiger partial charge in [-0.15, -0.1) is 10.2 Å². The minimum Gasteiger partial charge on any atom is -0.485 e. The lowest BCUT2D eigenvalue weighted by Crippen LogP contribution is -2.15. The molecular formula is C21H22BrFN4O2S. The number of carbonyl (C=O) groups excluding carboxylic acids is 1. The maximum atomic E-state index is 13.9. The van der Waals surface area contributed by atoms with Crippen LogP contribution in [0, 0.1) is 19.7 Å². The van der Waals surface area contributed by atoms with Crippen LogP contribution in [0.2, 0.25) is 0 Å². The van der Waals surface area contributed by atoms with Crippen molar-refractivity contribution in [2.24, 2.45) is 0 Å². The van der Waals surface area contributed by atoms with E-state index >= 15 is 0 Å². The molecule has 1 amide bonds. The van der Waals surface area contributed by atoms with Crippen LogP contribution in [0.3, 0.4) is 0 Å². The molecule has 0 saturated carbocycles. The van der Waals surface area contributed by atoms with E-state index < -0.39 is 5.82 Å². The molecule has 1 aromatic heterocycles. The van der Waals surface area contributed by atoms with Crippen LogP contribution in [0.5, 0.6) is 5.75 Å². The number of amides is 1. The molecule has 0 spiro atoms. The predicted octanol–water partition coefficient (Wildman–Crippen LogP) is 5.13. The Bertz CT molecular complexity index is 1060. The van der Waals surface area contributed by atoms with E-state index in [0.29, 0.717) is 22.0 Å². The highest BCUT2D eigenvalue weighted by Crippen LogP contribution is 2.23. The van der Waals surface area contributed by atoms with Crippen LogP contribution in [-0.4, -0.2) is 26.4 Å². The Kier molecular flexibility index (Phi) is 7.49. The number of rotatable bonds is 8. The molecule has 158 valence electrons. The van der Waals surface area contributed by atoms with Gasteiger partial charge in [-0.1, -0.05) is 39.8 Å². The van der Waals surface area contributed by atoms with Crippen LogP contribution in [0.4, 0.5) is 10.1 Å². The van der Waals surface area contributed by atoms with Crippen molar-refractivity contribution in [1.82, 2.24) is 14.8 Å². The first-order valence-corrected chi connectivity index (χ1v) is 11.1. The van der Waals surface area contributed by atoms with E-state index in [4.69, 9.17) is 4.74 Å². The van der Waals surface area contributed by atoms with Crippen molar-refractivity contribution in [2.45, 2.75) is 39.1 Å². The summed E-state index contributed by atoms with van der Waals surface area (Å²) in [5.41, 5.74) is 2.31. The smallest absolute Gasteiger partial charge is 0.234 e. The van der Waals surface area contributed by atoms with Crippen molar-refractivity contribution in [3.8, 4) is 5.75 Å². The summed E-state index contributed by atoms with van der Waals surface area (Å²) in [4.78, 5) is 12.2. The molecule has 1 N–H and O–H groups in total. The van der Waals surface area contributed by atoms with Gasteiger partial charge in [-0.25, -0.2) is 4.39 Å². The third-order valence-electron chi connectivity index (χ3n) is 4.35. The topological polar surface area (TPSA) is 69.0 Å². The van der Waals surface area contributed by atoms with E-state index in [9.17, 15) is 9.18 Å². The Hall–Kier alpha value is -2.39. The molecule has 0 saturated heterocycles. The second-order valence-corrected chi connectivity index (χ2v) is 8.52. The van der Waals surface area contributed by atoms with E-state index in [2.05, 4.69) is 31.4 Å². The lowest BCUT2D eigenvalue weighted by atomic mass is 10.1. The average Bonchev–Trinajstić information content (AvgIpc) is 3.11. The molecule has 0 unspecified atom stereocenters. The summed E-state index contributed by atoms with van der Waals surface area (Å²) >= 11 is 4.44. The average molecular weight is 493 g/mol. The quantitative estimate of drug-likeness (QED) is 0.441. The predicted molar refractivity (Wildman–Crippen MR) is 119 cm³/mol. The SMILES string of the molecule is CCn1c(COc2cc(C)ccc2C)nnc1SCC(=O)Nc1ccc(Br)cc1F. The summed E-state index contributed by atoms with van der Waals surface area (Å²) in [5.74, 6) is 0.766. The number of halogens is 2. The maximum Gasteiger partial charge on any atom is 0.234 e. The number of nitrogens with one attached hydrogen (secondary N) is 1. The number of benzene rings is 2. The Balaban J connectivity index is 1.61. The molecule has 0 fully saturated rings. The van der Waals surface area contributed by atoms with E-state index in [1.807, 2.05) is 43.5 Å². The fraction of sp³-hybridized carbons (Fsp3) is 0.286. The zero-order valence-corrected chi connectivity index (χ0v) is 19.3. The van der Waals surface area contributed by atoms with Gasteiger partial charge in [-0.2, -0.15) is 0 Å². The largest absolute Gasteiger partial charge is 0.485 e. The first-order valence-electron chi connectivity index (χ1n) is 9.37. The minimum atomic E-state index is -0.495. The van der Waals surface area contributed by atoms with Gasteiger partial charge in [0.15, 0.2) is 11.0 Å². The van der Waals surface area contributed by atoms with Crippen LogP contribution < -0.4 is 10.1 Å². The normalized spacial score (nSPS) is 10.8. The number of nitrogens with zero attached hydrogens (tertiary/aromatic N) is 3. The van der Waals surface area contributed by atoms with Crippen LogP contribution in [-0.2, 0) is 17.9 Å². The monoisotopic (exact) mass is 492 g/mol. The van der Waals surface area contributed by atoms with Gasteiger partial charge in [0.1, 0.15) is 18.2 Å². The second-order valence-electron chi connectivity index (χ2n) is 6.66. The highest BCUT2D eigenvalue weighted by molar-refractivity contribution is 9.10.